The minimum atomic E-state index is -0.237. The topological polar surface area (TPSA) is 77.5 Å². The van der Waals surface area contributed by atoms with Gasteiger partial charge in [-0.1, -0.05) is 22.9 Å². The summed E-state index contributed by atoms with van der Waals surface area (Å²) in [5.74, 6) is 1.57. The molecule has 1 atom stereocenters. The van der Waals surface area contributed by atoms with Gasteiger partial charge in [-0.2, -0.15) is 0 Å². The number of thiazole rings is 1. The average Bonchev–Trinajstić information content (AvgIpc) is 3.31. The lowest BCUT2D eigenvalue weighted by molar-refractivity contribution is -0.119. The van der Waals surface area contributed by atoms with Crippen molar-refractivity contribution in [2.45, 2.75) is 39.2 Å². The highest BCUT2D eigenvalue weighted by Gasteiger charge is 2.22. The Morgan fingerprint density at radius 1 is 1.41 bits per heavy atom. The van der Waals surface area contributed by atoms with Gasteiger partial charge in [-0.25, -0.2) is 4.98 Å². The number of aromatic nitrogens is 1. The number of carbonyl (C=O) groups is 2. The van der Waals surface area contributed by atoms with Crippen LogP contribution in [0.4, 0.5) is 0 Å². The van der Waals surface area contributed by atoms with Crippen LogP contribution < -0.4 is 14.8 Å². The number of hydrogen-bond donors (Lipinski definition) is 1. The Morgan fingerprint density at radius 2 is 2.19 bits per heavy atom. The van der Waals surface area contributed by atoms with Crippen molar-refractivity contribution in [2.24, 2.45) is 5.92 Å². The van der Waals surface area contributed by atoms with Crippen LogP contribution in [0.15, 0.2) is 24.4 Å². The average molecular weight is 409 g/mol. The van der Waals surface area contributed by atoms with E-state index in [1.54, 1.807) is 25.1 Å². The van der Waals surface area contributed by atoms with Crippen LogP contribution in [0.3, 0.4) is 0 Å². The highest BCUT2D eigenvalue weighted by atomic mass is 35.5. The number of ether oxygens (including phenoxy) is 2. The molecule has 0 saturated heterocycles. The normalized spacial score (nSPS) is 14.5. The van der Waals surface area contributed by atoms with E-state index >= 15 is 0 Å². The van der Waals surface area contributed by atoms with Crippen molar-refractivity contribution in [1.29, 1.82) is 0 Å². The van der Waals surface area contributed by atoms with E-state index in [0.29, 0.717) is 39.1 Å². The van der Waals surface area contributed by atoms with E-state index in [1.165, 1.54) is 26.0 Å². The van der Waals surface area contributed by atoms with Gasteiger partial charge in [0.25, 0.3) is 5.19 Å². The van der Waals surface area contributed by atoms with Gasteiger partial charge in [0.15, 0.2) is 5.78 Å². The first kappa shape index (κ1) is 19.6. The van der Waals surface area contributed by atoms with Gasteiger partial charge in [-0.15, -0.1) is 0 Å². The molecule has 0 aliphatic heterocycles. The summed E-state index contributed by atoms with van der Waals surface area (Å²) in [5, 5.41) is 3.44. The van der Waals surface area contributed by atoms with Crippen molar-refractivity contribution >= 4 is 34.6 Å². The minimum Gasteiger partial charge on any atom is -0.493 e. The summed E-state index contributed by atoms with van der Waals surface area (Å²) in [6.45, 7) is 3.92. The third-order valence-corrected chi connectivity index (χ3v) is 5.20. The van der Waals surface area contributed by atoms with Gasteiger partial charge in [0.1, 0.15) is 11.5 Å². The van der Waals surface area contributed by atoms with Crippen LogP contribution in [0, 0.1) is 5.92 Å². The maximum Gasteiger partial charge on any atom is 0.279 e. The lowest BCUT2D eigenvalue weighted by Gasteiger charge is -2.10. The summed E-state index contributed by atoms with van der Waals surface area (Å²) in [6, 6.07) is 5.01. The van der Waals surface area contributed by atoms with Crippen molar-refractivity contribution in [1.82, 2.24) is 10.3 Å². The number of Topliss-reactive ketones (excluding diaryl/α,β-unsaturated/α-hetero) is 1. The van der Waals surface area contributed by atoms with Gasteiger partial charge in [-0.05, 0) is 37.8 Å². The lowest BCUT2D eigenvalue weighted by Crippen LogP contribution is -2.32. The Kier molecular flexibility index (Phi) is 6.34. The molecule has 1 saturated carbocycles. The quantitative estimate of drug-likeness (QED) is 0.619. The fourth-order valence-corrected chi connectivity index (χ4v) is 3.39. The first-order chi connectivity index (χ1) is 12.9. The molecule has 8 heteroatoms. The number of ketones is 1. The summed E-state index contributed by atoms with van der Waals surface area (Å²) in [6.07, 6.45) is 4.13. The number of rotatable bonds is 9. The van der Waals surface area contributed by atoms with Crippen LogP contribution in [0.25, 0.3) is 0 Å². The van der Waals surface area contributed by atoms with Crippen molar-refractivity contribution in [2.75, 3.05) is 6.61 Å². The molecule has 0 bridgehead atoms. The molecule has 6 nitrogen and oxygen atoms in total. The molecule has 1 fully saturated rings. The van der Waals surface area contributed by atoms with E-state index in [-0.39, 0.29) is 24.2 Å². The van der Waals surface area contributed by atoms with E-state index in [2.05, 4.69) is 10.3 Å². The monoisotopic (exact) mass is 408 g/mol. The summed E-state index contributed by atoms with van der Waals surface area (Å²) >= 11 is 7.41. The van der Waals surface area contributed by atoms with Gasteiger partial charge in [0, 0.05) is 25.5 Å². The van der Waals surface area contributed by atoms with E-state index < -0.39 is 0 Å². The number of benzene rings is 1. The molecular weight excluding hydrogens is 388 g/mol. The number of hydrogen-bond acceptors (Lipinski definition) is 6. The van der Waals surface area contributed by atoms with Crippen LogP contribution in [-0.4, -0.2) is 29.3 Å². The van der Waals surface area contributed by atoms with Crippen LogP contribution >= 0.6 is 22.9 Å². The molecule has 1 aromatic heterocycles. The molecule has 1 N–H and O–H groups in total. The van der Waals surface area contributed by atoms with Gasteiger partial charge in [0.05, 0.1) is 22.7 Å². The Balaban J connectivity index is 1.58. The number of carbonyl (C=O) groups excluding carboxylic acids is 2. The molecule has 27 heavy (non-hydrogen) atoms. The molecule has 1 aliphatic rings. The summed E-state index contributed by atoms with van der Waals surface area (Å²) < 4.78 is 11.4. The molecule has 3 rings (SSSR count). The van der Waals surface area contributed by atoms with Crippen molar-refractivity contribution in [3.8, 4) is 16.7 Å². The summed E-state index contributed by atoms with van der Waals surface area (Å²) in [7, 11) is 0. The molecule has 1 aliphatic carbocycles. The molecular formula is C19H21ClN2O4S. The van der Waals surface area contributed by atoms with Crippen LogP contribution in [-0.2, 0) is 4.79 Å². The smallest absolute Gasteiger partial charge is 0.279 e. The minimum absolute atomic E-state index is 0.0986. The second-order valence-corrected chi connectivity index (χ2v) is 8.07. The third-order valence-electron chi connectivity index (χ3n) is 3.98. The molecule has 0 spiro atoms. The van der Waals surface area contributed by atoms with E-state index in [9.17, 15) is 9.59 Å². The molecule has 1 unspecified atom stereocenters. The van der Waals surface area contributed by atoms with Crippen molar-refractivity contribution in [3.63, 3.8) is 0 Å². The van der Waals surface area contributed by atoms with Crippen molar-refractivity contribution < 1.29 is 19.1 Å². The first-order valence-electron chi connectivity index (χ1n) is 8.77. The van der Waals surface area contributed by atoms with E-state index in [4.69, 9.17) is 21.1 Å². The van der Waals surface area contributed by atoms with Crippen LogP contribution in [0.1, 0.15) is 42.8 Å². The Hall–Kier alpha value is -2.12. The predicted molar refractivity (Wildman–Crippen MR) is 104 cm³/mol. The fourth-order valence-electron chi connectivity index (χ4n) is 2.46. The van der Waals surface area contributed by atoms with Crippen molar-refractivity contribution in [3.05, 3.63) is 34.3 Å². The fraction of sp³-hybridized carbons (Fsp3) is 0.421. The molecule has 1 amide bonds. The SMILES string of the molecule is CC(=O)NC(C)CC(=O)c1cnc(Oc2ccc(OCC3CC3)cc2Cl)s1. The van der Waals surface area contributed by atoms with Crippen LogP contribution in [0.5, 0.6) is 16.7 Å². The lowest BCUT2D eigenvalue weighted by atomic mass is 10.1. The molecule has 1 aromatic carbocycles. The third kappa shape index (κ3) is 5.94. The summed E-state index contributed by atoms with van der Waals surface area (Å²) in [4.78, 5) is 27.9. The molecule has 2 aromatic rings. The van der Waals surface area contributed by atoms with Gasteiger partial charge < -0.3 is 14.8 Å². The highest BCUT2D eigenvalue weighted by Crippen LogP contribution is 2.35. The standard InChI is InChI=1S/C19H21ClN2O4S/c1-11(22-12(2)23)7-16(24)18-9-21-19(27-18)26-17-6-5-14(8-15(17)20)25-10-13-3-4-13/h5-6,8-9,11,13H,3-4,7,10H2,1-2H3,(H,22,23). The summed E-state index contributed by atoms with van der Waals surface area (Å²) in [5.41, 5.74) is 0. The van der Waals surface area contributed by atoms with Crippen LogP contribution in [0.2, 0.25) is 5.02 Å². The number of nitrogens with zero attached hydrogens (tertiary/aromatic N) is 1. The maximum atomic E-state index is 12.3. The zero-order chi connectivity index (χ0) is 19.4. The first-order valence-corrected chi connectivity index (χ1v) is 9.96. The van der Waals surface area contributed by atoms with E-state index in [0.717, 1.165) is 11.3 Å². The Morgan fingerprint density at radius 3 is 2.85 bits per heavy atom. The second-order valence-electron chi connectivity index (χ2n) is 6.67. The Labute approximate surface area is 166 Å². The zero-order valence-corrected chi connectivity index (χ0v) is 16.7. The molecule has 0 radical (unpaired) electrons. The van der Waals surface area contributed by atoms with Gasteiger partial charge in [-0.3, -0.25) is 9.59 Å². The zero-order valence-electron chi connectivity index (χ0n) is 15.2. The van der Waals surface area contributed by atoms with Gasteiger partial charge in [0.2, 0.25) is 5.91 Å². The number of nitrogens with one attached hydrogen (secondary N) is 1. The highest BCUT2D eigenvalue weighted by molar-refractivity contribution is 7.15. The van der Waals surface area contributed by atoms with E-state index in [1.807, 2.05) is 0 Å². The van der Waals surface area contributed by atoms with Gasteiger partial charge >= 0.3 is 0 Å². The number of amides is 1. The maximum absolute atomic E-state index is 12.3. The molecule has 144 valence electrons. The second kappa shape index (κ2) is 8.71. The Bertz CT molecular complexity index is 835. The largest absolute Gasteiger partial charge is 0.493 e. The molecule has 1 heterocycles. The number of halogens is 1. The predicted octanol–water partition coefficient (Wildman–Crippen LogP) is 4.48.